The van der Waals surface area contributed by atoms with E-state index in [9.17, 15) is 22.8 Å². The van der Waals surface area contributed by atoms with E-state index in [2.05, 4.69) is 20.7 Å². The fraction of sp³-hybridized carbons (Fsp3) is 0.185. The maximum absolute atomic E-state index is 13.4. The number of alkyl halides is 3. The summed E-state index contributed by atoms with van der Waals surface area (Å²) in [6.07, 6.45) is 1.66. The van der Waals surface area contributed by atoms with Crippen molar-refractivity contribution in [2.45, 2.75) is 25.3 Å². The predicted octanol–water partition coefficient (Wildman–Crippen LogP) is 4.14. The molecule has 2 amide bonds. The van der Waals surface area contributed by atoms with E-state index in [-0.39, 0.29) is 17.7 Å². The molecular formula is C27H24F3N5O3. The van der Waals surface area contributed by atoms with Gasteiger partial charge in [0, 0.05) is 36.9 Å². The molecule has 2 aromatic carbocycles. The van der Waals surface area contributed by atoms with Crippen molar-refractivity contribution in [3.8, 4) is 5.75 Å². The van der Waals surface area contributed by atoms with Crippen molar-refractivity contribution in [1.82, 2.24) is 25.4 Å². The SMILES string of the molecule is COc1ccc(C(NC(=O)c2cccnc2)C(=O)NCc2ccccc2C(F)(F)F)cc1Cn1cccn1. The van der Waals surface area contributed by atoms with Gasteiger partial charge < -0.3 is 15.4 Å². The molecule has 0 bridgehead atoms. The Kier molecular flexibility index (Phi) is 8.05. The van der Waals surface area contributed by atoms with E-state index < -0.39 is 29.6 Å². The number of carbonyl (C=O) groups excluding carboxylic acids is 2. The molecule has 196 valence electrons. The van der Waals surface area contributed by atoms with Crippen molar-refractivity contribution < 1.29 is 27.5 Å². The standard InChI is InChI=1S/C27H24F3N5O3/c1-38-23-10-9-18(14-21(23)17-35-13-5-12-33-35)24(34-25(36)20-7-4-11-31-15-20)26(37)32-16-19-6-2-3-8-22(19)27(28,29)30/h2-15,24H,16-17H2,1H3,(H,32,37)(H,34,36). The lowest BCUT2D eigenvalue weighted by molar-refractivity contribution is -0.138. The minimum atomic E-state index is -4.58. The summed E-state index contributed by atoms with van der Waals surface area (Å²) in [6.45, 7) is -0.0576. The molecule has 0 saturated carbocycles. The van der Waals surface area contributed by atoms with Gasteiger partial charge in [-0.05, 0) is 47.5 Å². The number of nitrogens with one attached hydrogen (secondary N) is 2. The van der Waals surface area contributed by atoms with Crippen LogP contribution < -0.4 is 15.4 Å². The van der Waals surface area contributed by atoms with Gasteiger partial charge in [-0.3, -0.25) is 19.3 Å². The Morgan fingerprint density at radius 1 is 1.03 bits per heavy atom. The number of benzene rings is 2. The van der Waals surface area contributed by atoms with Gasteiger partial charge in [-0.25, -0.2) is 0 Å². The van der Waals surface area contributed by atoms with E-state index in [1.165, 1.54) is 43.8 Å². The largest absolute Gasteiger partial charge is 0.496 e. The summed E-state index contributed by atoms with van der Waals surface area (Å²) in [7, 11) is 1.51. The molecule has 8 nitrogen and oxygen atoms in total. The fourth-order valence-electron chi connectivity index (χ4n) is 3.92. The average Bonchev–Trinajstić information content (AvgIpc) is 3.43. The number of ether oxygens (including phenoxy) is 1. The Balaban J connectivity index is 1.64. The van der Waals surface area contributed by atoms with Crippen LogP contribution in [0.2, 0.25) is 0 Å². The first-order chi connectivity index (χ1) is 18.3. The maximum atomic E-state index is 13.4. The van der Waals surface area contributed by atoms with Crippen LogP contribution in [-0.4, -0.2) is 33.7 Å². The van der Waals surface area contributed by atoms with Crippen molar-refractivity contribution >= 4 is 11.8 Å². The molecule has 38 heavy (non-hydrogen) atoms. The topological polar surface area (TPSA) is 98.1 Å². The first kappa shape index (κ1) is 26.4. The maximum Gasteiger partial charge on any atom is 0.416 e. The van der Waals surface area contributed by atoms with Gasteiger partial charge in [0.2, 0.25) is 5.91 Å². The van der Waals surface area contributed by atoms with Gasteiger partial charge in [-0.2, -0.15) is 18.3 Å². The molecule has 11 heteroatoms. The molecule has 0 aliphatic carbocycles. The van der Waals surface area contributed by atoms with E-state index >= 15 is 0 Å². The summed E-state index contributed by atoms with van der Waals surface area (Å²) >= 11 is 0. The van der Waals surface area contributed by atoms with Crippen LogP contribution in [0.5, 0.6) is 5.75 Å². The molecule has 0 saturated heterocycles. The van der Waals surface area contributed by atoms with Gasteiger partial charge in [0.1, 0.15) is 11.8 Å². The zero-order valence-corrected chi connectivity index (χ0v) is 20.3. The molecule has 1 unspecified atom stereocenters. The second kappa shape index (κ2) is 11.6. The summed E-state index contributed by atoms with van der Waals surface area (Å²) < 4.78 is 47.4. The van der Waals surface area contributed by atoms with E-state index in [1.807, 2.05) is 0 Å². The lowest BCUT2D eigenvalue weighted by Crippen LogP contribution is -2.40. The van der Waals surface area contributed by atoms with Crippen molar-refractivity contribution in [2.24, 2.45) is 0 Å². The molecule has 4 aromatic rings. The first-order valence-electron chi connectivity index (χ1n) is 11.5. The minimum Gasteiger partial charge on any atom is -0.496 e. The summed E-state index contributed by atoms with van der Waals surface area (Å²) in [5.41, 5.74) is 0.372. The summed E-state index contributed by atoms with van der Waals surface area (Å²) in [5.74, 6) is -0.714. The number of rotatable bonds is 9. The molecule has 0 radical (unpaired) electrons. The highest BCUT2D eigenvalue weighted by molar-refractivity contribution is 5.97. The smallest absolute Gasteiger partial charge is 0.416 e. The number of pyridine rings is 1. The van der Waals surface area contributed by atoms with E-state index in [0.717, 1.165) is 6.07 Å². The lowest BCUT2D eigenvalue weighted by Gasteiger charge is -2.21. The van der Waals surface area contributed by atoms with Crippen LogP contribution in [0.15, 0.2) is 85.5 Å². The number of halogens is 3. The van der Waals surface area contributed by atoms with Crippen LogP contribution in [0.1, 0.15) is 38.7 Å². The van der Waals surface area contributed by atoms with Gasteiger partial charge >= 0.3 is 6.18 Å². The monoisotopic (exact) mass is 523 g/mol. The zero-order valence-electron chi connectivity index (χ0n) is 20.3. The van der Waals surface area contributed by atoms with Gasteiger partial charge in [-0.1, -0.05) is 24.3 Å². The van der Waals surface area contributed by atoms with Crippen LogP contribution in [0.25, 0.3) is 0 Å². The molecule has 0 aliphatic heterocycles. The predicted molar refractivity (Wildman–Crippen MR) is 132 cm³/mol. The number of carbonyl (C=O) groups is 2. The third kappa shape index (κ3) is 6.36. The highest BCUT2D eigenvalue weighted by atomic mass is 19.4. The molecule has 1 atom stereocenters. The van der Waals surface area contributed by atoms with Crippen LogP contribution in [-0.2, 0) is 24.1 Å². The van der Waals surface area contributed by atoms with Crippen molar-refractivity contribution in [1.29, 1.82) is 0 Å². The fourth-order valence-corrected chi connectivity index (χ4v) is 3.92. The molecule has 0 aliphatic rings. The number of methoxy groups -OCH3 is 1. The number of amides is 2. The van der Waals surface area contributed by atoms with E-state index in [0.29, 0.717) is 23.4 Å². The molecule has 4 rings (SSSR count). The first-order valence-corrected chi connectivity index (χ1v) is 11.5. The second-order valence-corrected chi connectivity index (χ2v) is 8.30. The number of aromatic nitrogens is 3. The Morgan fingerprint density at radius 3 is 2.53 bits per heavy atom. The Morgan fingerprint density at radius 2 is 1.84 bits per heavy atom. The number of nitrogens with zero attached hydrogens (tertiary/aromatic N) is 3. The third-order valence-electron chi connectivity index (χ3n) is 5.77. The molecular weight excluding hydrogens is 499 g/mol. The average molecular weight is 524 g/mol. The van der Waals surface area contributed by atoms with Crippen LogP contribution >= 0.6 is 0 Å². The highest BCUT2D eigenvalue weighted by Gasteiger charge is 2.33. The van der Waals surface area contributed by atoms with Gasteiger partial charge in [0.25, 0.3) is 5.91 Å². The Bertz CT molecular complexity index is 1390. The number of hydrogen-bond acceptors (Lipinski definition) is 5. The summed E-state index contributed by atoms with van der Waals surface area (Å²) in [6, 6.07) is 13.6. The Labute approximate surface area is 216 Å². The highest BCUT2D eigenvalue weighted by Crippen LogP contribution is 2.32. The number of hydrogen-bond donors (Lipinski definition) is 2. The van der Waals surface area contributed by atoms with Crippen LogP contribution in [0, 0.1) is 0 Å². The Hall–Kier alpha value is -4.67. The zero-order chi connectivity index (χ0) is 27.1. The molecule has 2 N–H and O–H groups in total. The van der Waals surface area contributed by atoms with Crippen LogP contribution in [0.4, 0.5) is 13.2 Å². The van der Waals surface area contributed by atoms with Crippen molar-refractivity contribution in [3.05, 3.63) is 113 Å². The second-order valence-electron chi connectivity index (χ2n) is 8.30. The van der Waals surface area contributed by atoms with Gasteiger partial charge in [0.05, 0.1) is 24.8 Å². The van der Waals surface area contributed by atoms with Crippen molar-refractivity contribution in [3.63, 3.8) is 0 Å². The quantitative estimate of drug-likeness (QED) is 0.344. The lowest BCUT2D eigenvalue weighted by atomic mass is 10.0. The molecule has 0 spiro atoms. The summed E-state index contributed by atoms with van der Waals surface area (Å²) in [4.78, 5) is 30.2. The molecule has 2 heterocycles. The van der Waals surface area contributed by atoms with Gasteiger partial charge in [-0.15, -0.1) is 0 Å². The van der Waals surface area contributed by atoms with E-state index in [1.54, 1.807) is 47.4 Å². The summed E-state index contributed by atoms with van der Waals surface area (Å²) in [5, 5.41) is 9.41. The van der Waals surface area contributed by atoms with Crippen molar-refractivity contribution in [2.75, 3.05) is 7.11 Å². The van der Waals surface area contributed by atoms with Gasteiger partial charge in [0.15, 0.2) is 0 Å². The molecule has 2 aromatic heterocycles. The van der Waals surface area contributed by atoms with Crippen LogP contribution in [0.3, 0.4) is 0 Å². The minimum absolute atomic E-state index is 0.0974. The third-order valence-corrected chi connectivity index (χ3v) is 5.77. The van der Waals surface area contributed by atoms with E-state index in [4.69, 9.17) is 4.74 Å². The molecule has 0 fully saturated rings. The normalized spacial score (nSPS) is 12.0.